The van der Waals surface area contributed by atoms with E-state index in [9.17, 15) is 13.2 Å². The molecule has 3 aliphatic carbocycles. The van der Waals surface area contributed by atoms with Crippen LogP contribution in [0, 0.1) is 6.92 Å². The monoisotopic (exact) mass is 718 g/mol. The molecule has 3 heterocycles. The van der Waals surface area contributed by atoms with Crippen molar-refractivity contribution in [3.8, 4) is 11.4 Å². The lowest BCUT2D eigenvalue weighted by molar-refractivity contribution is -0.137. The van der Waals surface area contributed by atoms with Gasteiger partial charge in [-0.05, 0) is 108 Å². The number of rotatable bonds is 2. The van der Waals surface area contributed by atoms with Crippen molar-refractivity contribution in [2.24, 2.45) is 0 Å². The van der Waals surface area contributed by atoms with E-state index >= 15 is 0 Å². The van der Waals surface area contributed by atoms with E-state index in [2.05, 4.69) is 130 Å². The van der Waals surface area contributed by atoms with Crippen LogP contribution in [0.5, 0.6) is 0 Å². The van der Waals surface area contributed by atoms with Crippen molar-refractivity contribution in [3.63, 3.8) is 0 Å². The van der Waals surface area contributed by atoms with Crippen LogP contribution in [0.2, 0.25) is 0 Å². The van der Waals surface area contributed by atoms with E-state index in [0.29, 0.717) is 5.52 Å². The fourth-order valence-electron chi connectivity index (χ4n) is 9.70. The van der Waals surface area contributed by atoms with Crippen molar-refractivity contribution in [3.05, 3.63) is 190 Å². The third-order valence-corrected chi connectivity index (χ3v) is 11.9. The second kappa shape index (κ2) is 10.7. The van der Waals surface area contributed by atoms with Crippen molar-refractivity contribution in [1.29, 1.82) is 0 Å². The summed E-state index contributed by atoms with van der Waals surface area (Å²) in [5.41, 5.74) is 12.8. The fraction of sp³-hybridized carbons (Fsp3) is 0.0833. The Morgan fingerprint density at radius 3 is 1.35 bits per heavy atom. The molecule has 3 aliphatic rings. The second-order valence-corrected chi connectivity index (χ2v) is 14.9. The highest BCUT2D eigenvalue weighted by molar-refractivity contribution is 6.12. The molecule has 0 aliphatic heterocycles. The largest absolute Gasteiger partial charge is 0.416 e. The molecule has 3 aromatic heterocycles. The zero-order valence-electron chi connectivity index (χ0n) is 29.4. The number of hydrogen-bond acceptors (Lipinski definition) is 2. The molecule has 0 unspecified atom stereocenters. The first kappa shape index (κ1) is 30.7. The zero-order chi connectivity index (χ0) is 36.7. The molecular weight excluding hydrogens is 690 g/mol. The van der Waals surface area contributed by atoms with Crippen LogP contribution in [-0.4, -0.2) is 19.1 Å². The molecule has 55 heavy (non-hydrogen) atoms. The molecule has 7 aromatic carbocycles. The number of aromatic nitrogens is 4. The topological polar surface area (TPSA) is 35.6 Å². The summed E-state index contributed by atoms with van der Waals surface area (Å²) in [6, 6.07) is 49.8. The van der Waals surface area contributed by atoms with Crippen molar-refractivity contribution < 1.29 is 13.2 Å². The molecule has 0 fully saturated rings. The Labute approximate surface area is 312 Å². The van der Waals surface area contributed by atoms with Gasteiger partial charge in [-0.2, -0.15) is 13.2 Å². The molecular formula is C48H29F3N4. The predicted octanol–water partition coefficient (Wildman–Crippen LogP) is 12.1. The van der Waals surface area contributed by atoms with Gasteiger partial charge in [-0.25, -0.2) is 9.97 Å². The minimum absolute atomic E-state index is 0.138. The average molecular weight is 719 g/mol. The molecule has 0 saturated heterocycles. The summed E-state index contributed by atoms with van der Waals surface area (Å²) in [7, 11) is 0. The maximum absolute atomic E-state index is 14.2. The van der Waals surface area contributed by atoms with Gasteiger partial charge in [0, 0.05) is 32.9 Å². The Morgan fingerprint density at radius 2 is 0.873 bits per heavy atom. The first-order valence-electron chi connectivity index (χ1n) is 18.5. The molecule has 13 rings (SSSR count). The summed E-state index contributed by atoms with van der Waals surface area (Å²) in [5, 5.41) is 4.53. The van der Waals surface area contributed by atoms with Crippen LogP contribution < -0.4 is 0 Å². The lowest BCUT2D eigenvalue weighted by Crippen LogP contribution is -2.30. The number of benzene rings is 7. The lowest BCUT2D eigenvalue weighted by Gasteiger charge is -2.41. The Bertz CT molecular complexity index is 3100. The Hall–Kier alpha value is -6.73. The number of fused-ring (bicyclic) bond motifs is 7. The maximum atomic E-state index is 14.2. The highest BCUT2D eigenvalue weighted by Gasteiger charge is 2.45. The standard InChI is InChI=1S/C48H29F3N4/c1-26-20-38-39(25-37(26)48(49,50)51)53-46-44-33-21-31-29-16-8-10-18-40(29)54(27-12-4-2-5-13-27)42(31)23-35(33)45(47(46)52-38)36-24-43-32(22-34(36)44)30-17-9-11-19-41(30)55(43)28-14-6-3-7-15-28/h2-25,44-45H,1H3. The quantitative estimate of drug-likeness (QED) is 0.178. The van der Waals surface area contributed by atoms with Gasteiger partial charge in [0.2, 0.25) is 0 Å². The first-order valence-corrected chi connectivity index (χ1v) is 18.5. The molecule has 0 amide bonds. The average Bonchev–Trinajstić information content (AvgIpc) is 3.70. The third-order valence-electron chi connectivity index (χ3n) is 11.9. The summed E-state index contributed by atoms with van der Waals surface area (Å²) < 4.78 is 47.3. The van der Waals surface area contributed by atoms with Gasteiger partial charge in [0.25, 0.3) is 0 Å². The summed E-state index contributed by atoms with van der Waals surface area (Å²) in [6.45, 7) is 1.50. The Morgan fingerprint density at radius 1 is 0.455 bits per heavy atom. The molecule has 262 valence electrons. The van der Waals surface area contributed by atoms with E-state index < -0.39 is 11.7 Å². The summed E-state index contributed by atoms with van der Waals surface area (Å²) in [4.78, 5) is 10.4. The van der Waals surface area contributed by atoms with E-state index in [-0.39, 0.29) is 22.9 Å². The van der Waals surface area contributed by atoms with Gasteiger partial charge in [0.05, 0.1) is 61.9 Å². The maximum Gasteiger partial charge on any atom is 0.416 e. The molecule has 2 bridgehead atoms. The van der Waals surface area contributed by atoms with E-state index in [1.165, 1.54) is 13.0 Å². The molecule has 0 spiro atoms. The molecule has 4 nitrogen and oxygen atoms in total. The van der Waals surface area contributed by atoms with Crippen LogP contribution in [0.3, 0.4) is 0 Å². The fourth-order valence-corrected chi connectivity index (χ4v) is 9.70. The summed E-state index contributed by atoms with van der Waals surface area (Å²) in [5.74, 6) is -0.619. The van der Waals surface area contributed by atoms with Crippen molar-refractivity contribution in [1.82, 2.24) is 19.1 Å². The summed E-state index contributed by atoms with van der Waals surface area (Å²) in [6.07, 6.45) is -4.49. The second-order valence-electron chi connectivity index (χ2n) is 14.9. The van der Waals surface area contributed by atoms with Crippen molar-refractivity contribution in [2.75, 3.05) is 0 Å². The zero-order valence-corrected chi connectivity index (χ0v) is 29.4. The van der Waals surface area contributed by atoms with Crippen LogP contribution in [-0.2, 0) is 6.18 Å². The third kappa shape index (κ3) is 4.12. The normalized spacial score (nSPS) is 16.0. The van der Waals surface area contributed by atoms with Gasteiger partial charge in [-0.15, -0.1) is 0 Å². The van der Waals surface area contributed by atoms with Crippen molar-refractivity contribution in [2.45, 2.75) is 24.9 Å². The predicted molar refractivity (Wildman–Crippen MR) is 213 cm³/mol. The van der Waals surface area contributed by atoms with Gasteiger partial charge in [0.15, 0.2) is 0 Å². The van der Waals surface area contributed by atoms with E-state index in [1.807, 2.05) is 12.1 Å². The number of alkyl halides is 3. The number of hydrogen-bond donors (Lipinski definition) is 0. The van der Waals surface area contributed by atoms with E-state index in [0.717, 1.165) is 88.6 Å². The van der Waals surface area contributed by atoms with Gasteiger partial charge in [-0.3, -0.25) is 0 Å². The van der Waals surface area contributed by atoms with Crippen LogP contribution in [0.25, 0.3) is 66.0 Å². The summed E-state index contributed by atoms with van der Waals surface area (Å²) >= 11 is 0. The van der Waals surface area contributed by atoms with Gasteiger partial charge in [-0.1, -0.05) is 72.8 Å². The SMILES string of the molecule is Cc1cc2nc3c(nc2cc1C(F)(F)F)C1c2cc4c5ccccc5n(-c5ccccc5)c4cc2C3c2cc3c(cc21)c1ccccc1n3-c1ccccc1. The molecule has 0 N–H and O–H groups in total. The Balaban J connectivity index is 1.20. The van der Waals surface area contributed by atoms with Crippen LogP contribution >= 0.6 is 0 Å². The van der Waals surface area contributed by atoms with Crippen LogP contribution in [0.4, 0.5) is 13.2 Å². The van der Waals surface area contributed by atoms with Crippen LogP contribution in [0.15, 0.2) is 146 Å². The number of halogens is 3. The molecule has 0 saturated carbocycles. The molecule has 0 radical (unpaired) electrons. The number of nitrogens with zero attached hydrogens (tertiary/aromatic N) is 4. The minimum Gasteiger partial charge on any atom is -0.309 e. The first-order chi connectivity index (χ1) is 26.8. The van der Waals surface area contributed by atoms with Crippen LogP contribution in [0.1, 0.15) is 56.6 Å². The highest BCUT2D eigenvalue weighted by atomic mass is 19.4. The molecule has 10 aromatic rings. The van der Waals surface area contributed by atoms with Gasteiger partial charge >= 0.3 is 6.18 Å². The number of para-hydroxylation sites is 4. The lowest BCUT2D eigenvalue weighted by atomic mass is 9.63. The molecule has 0 atom stereocenters. The highest BCUT2D eigenvalue weighted by Crippen LogP contribution is 2.57. The van der Waals surface area contributed by atoms with E-state index in [1.54, 1.807) is 6.07 Å². The van der Waals surface area contributed by atoms with Gasteiger partial charge in [0.1, 0.15) is 0 Å². The number of aryl methyl sites for hydroxylation is 1. The van der Waals surface area contributed by atoms with Gasteiger partial charge < -0.3 is 9.13 Å². The van der Waals surface area contributed by atoms with E-state index in [4.69, 9.17) is 9.97 Å². The Kier molecular flexibility index (Phi) is 5.97. The smallest absolute Gasteiger partial charge is 0.309 e. The minimum atomic E-state index is -4.49. The van der Waals surface area contributed by atoms with Crippen molar-refractivity contribution >= 4 is 54.6 Å². The molecule has 7 heteroatoms.